The number of carbonyl (C=O) groups excluding carboxylic acids is 3. The topological polar surface area (TPSA) is 117 Å². The van der Waals surface area contributed by atoms with Gasteiger partial charge in [-0.25, -0.2) is 13.2 Å². The van der Waals surface area contributed by atoms with Crippen LogP contribution in [-0.2, 0) is 31.5 Å². The highest BCUT2D eigenvalue weighted by Gasteiger charge is 2.52. The Kier molecular flexibility index (Phi) is 6.79. The molecule has 10 heteroatoms. The minimum absolute atomic E-state index is 0.00311. The predicted octanol–water partition coefficient (Wildman–Crippen LogP) is 2.43. The number of furan rings is 1. The van der Waals surface area contributed by atoms with Gasteiger partial charge in [0.2, 0.25) is 5.91 Å². The van der Waals surface area contributed by atoms with Crippen LogP contribution in [0, 0.1) is 0 Å². The third-order valence-electron chi connectivity index (χ3n) is 6.52. The number of sulfone groups is 1. The number of benzene rings is 1. The van der Waals surface area contributed by atoms with Crippen LogP contribution in [0.3, 0.4) is 0 Å². The third-order valence-corrected chi connectivity index (χ3v) is 8.27. The van der Waals surface area contributed by atoms with Gasteiger partial charge in [-0.1, -0.05) is 50.1 Å². The van der Waals surface area contributed by atoms with Crippen molar-refractivity contribution in [3.63, 3.8) is 0 Å². The molecular formula is C24H29N3O6S. The van der Waals surface area contributed by atoms with Crippen molar-refractivity contribution in [1.82, 2.24) is 15.1 Å². The molecule has 1 aromatic heterocycles. The van der Waals surface area contributed by atoms with Crippen LogP contribution in [0.5, 0.6) is 0 Å². The highest BCUT2D eigenvalue weighted by Crippen LogP contribution is 2.34. The van der Waals surface area contributed by atoms with Crippen LogP contribution in [0.1, 0.15) is 43.9 Å². The number of rotatable bonds is 9. The molecule has 2 aliphatic heterocycles. The molecule has 9 nitrogen and oxygen atoms in total. The number of hydrogen-bond acceptors (Lipinski definition) is 6. The highest BCUT2D eigenvalue weighted by molar-refractivity contribution is 7.91. The second kappa shape index (κ2) is 9.61. The molecule has 2 aliphatic rings. The number of urea groups is 1. The summed E-state index contributed by atoms with van der Waals surface area (Å²) in [6, 6.07) is 11.3. The number of hydrogen-bond donors (Lipinski definition) is 1. The molecule has 2 aromatic rings. The molecule has 182 valence electrons. The van der Waals surface area contributed by atoms with Gasteiger partial charge in [0.1, 0.15) is 17.8 Å². The molecule has 34 heavy (non-hydrogen) atoms. The Hall–Kier alpha value is -3.14. The Morgan fingerprint density at radius 2 is 1.97 bits per heavy atom. The molecule has 2 unspecified atom stereocenters. The molecule has 2 atom stereocenters. The number of amides is 4. The average molecular weight is 488 g/mol. The standard InChI is InChI=1S/C24H29N3O6S/c1-2-3-12-24(18-8-5-4-6-9-18)22(29)27(23(30)25-24)16-21(28)26(15-20-10-7-13-33-20)19-11-14-34(31,32)17-19/h4-10,13,19H,2-3,11-12,14-17H2,1H3,(H,25,30). The molecule has 4 rings (SSSR count). The minimum Gasteiger partial charge on any atom is -0.467 e. The second-order valence-electron chi connectivity index (χ2n) is 8.85. The first-order valence-corrected chi connectivity index (χ1v) is 13.3. The number of carbonyl (C=O) groups is 3. The third kappa shape index (κ3) is 4.72. The van der Waals surface area contributed by atoms with Gasteiger partial charge < -0.3 is 14.6 Å². The van der Waals surface area contributed by atoms with Gasteiger partial charge in [-0.05, 0) is 30.5 Å². The van der Waals surface area contributed by atoms with Gasteiger partial charge in [-0.2, -0.15) is 0 Å². The first-order chi connectivity index (χ1) is 16.3. The second-order valence-corrected chi connectivity index (χ2v) is 11.1. The first-order valence-electron chi connectivity index (χ1n) is 11.5. The molecule has 2 saturated heterocycles. The lowest BCUT2D eigenvalue weighted by Gasteiger charge is -2.30. The molecule has 4 amide bonds. The van der Waals surface area contributed by atoms with Gasteiger partial charge in [0.05, 0.1) is 24.3 Å². The summed E-state index contributed by atoms with van der Waals surface area (Å²) < 4.78 is 29.5. The van der Waals surface area contributed by atoms with Crippen LogP contribution >= 0.6 is 0 Å². The zero-order valence-corrected chi connectivity index (χ0v) is 19.9. The van der Waals surface area contributed by atoms with Crippen LogP contribution < -0.4 is 5.32 Å². The molecule has 0 spiro atoms. The summed E-state index contributed by atoms with van der Waals surface area (Å²) in [5.41, 5.74) is -0.553. The van der Waals surface area contributed by atoms with E-state index >= 15 is 0 Å². The van der Waals surface area contributed by atoms with Gasteiger partial charge in [-0.15, -0.1) is 0 Å². The van der Waals surface area contributed by atoms with Crippen molar-refractivity contribution in [1.29, 1.82) is 0 Å². The molecule has 0 saturated carbocycles. The zero-order valence-electron chi connectivity index (χ0n) is 19.1. The van der Waals surface area contributed by atoms with E-state index in [0.29, 0.717) is 30.6 Å². The van der Waals surface area contributed by atoms with Crippen LogP contribution in [0.25, 0.3) is 0 Å². The van der Waals surface area contributed by atoms with E-state index in [-0.39, 0.29) is 18.1 Å². The smallest absolute Gasteiger partial charge is 0.325 e. The fourth-order valence-electron chi connectivity index (χ4n) is 4.68. The fourth-order valence-corrected chi connectivity index (χ4v) is 6.41. The molecule has 3 heterocycles. The average Bonchev–Trinajstić information content (AvgIpc) is 3.52. The number of imide groups is 1. The fraction of sp³-hybridized carbons (Fsp3) is 0.458. The van der Waals surface area contributed by atoms with Gasteiger partial charge in [0, 0.05) is 6.04 Å². The summed E-state index contributed by atoms with van der Waals surface area (Å²) in [6.45, 7) is 1.60. The molecule has 2 fully saturated rings. The summed E-state index contributed by atoms with van der Waals surface area (Å²) in [6.07, 6.45) is 3.75. The SMILES string of the molecule is CCCCC1(c2ccccc2)NC(=O)N(CC(=O)N(Cc2ccco2)C2CCS(=O)(=O)C2)C1=O. The Labute approximate surface area is 199 Å². The van der Waals surface area contributed by atoms with Crippen molar-refractivity contribution < 1.29 is 27.2 Å². The molecule has 1 aromatic carbocycles. The van der Waals surface area contributed by atoms with Crippen molar-refractivity contribution in [3.05, 3.63) is 60.1 Å². The lowest BCUT2D eigenvalue weighted by molar-refractivity contribution is -0.141. The molecule has 0 aliphatic carbocycles. The zero-order chi connectivity index (χ0) is 24.3. The van der Waals surface area contributed by atoms with Gasteiger partial charge in [0.15, 0.2) is 9.84 Å². The predicted molar refractivity (Wildman–Crippen MR) is 124 cm³/mol. The maximum Gasteiger partial charge on any atom is 0.325 e. The monoisotopic (exact) mass is 487 g/mol. The van der Waals surface area contributed by atoms with Crippen molar-refractivity contribution in [2.24, 2.45) is 0 Å². The van der Waals surface area contributed by atoms with Crippen LogP contribution in [0.2, 0.25) is 0 Å². The van der Waals surface area contributed by atoms with E-state index in [2.05, 4.69) is 5.32 Å². The van der Waals surface area contributed by atoms with E-state index < -0.39 is 45.8 Å². The maximum atomic E-state index is 13.6. The molecular weight excluding hydrogens is 458 g/mol. The summed E-state index contributed by atoms with van der Waals surface area (Å²) in [5.74, 6) is -0.624. The van der Waals surface area contributed by atoms with E-state index in [0.717, 1.165) is 11.3 Å². The van der Waals surface area contributed by atoms with E-state index in [4.69, 9.17) is 4.42 Å². The van der Waals surface area contributed by atoms with Crippen LogP contribution in [0.15, 0.2) is 53.1 Å². The van der Waals surface area contributed by atoms with E-state index in [1.165, 1.54) is 11.2 Å². The Morgan fingerprint density at radius 1 is 1.21 bits per heavy atom. The summed E-state index contributed by atoms with van der Waals surface area (Å²) in [7, 11) is -3.25. The number of nitrogens with zero attached hydrogens (tertiary/aromatic N) is 2. The minimum atomic E-state index is -3.25. The van der Waals surface area contributed by atoms with Crippen LogP contribution in [0.4, 0.5) is 4.79 Å². The molecule has 0 radical (unpaired) electrons. The Bertz CT molecular complexity index is 1150. The summed E-state index contributed by atoms with van der Waals surface area (Å²) in [5, 5.41) is 2.84. The van der Waals surface area contributed by atoms with E-state index in [9.17, 15) is 22.8 Å². The first kappa shape index (κ1) is 24.0. The highest BCUT2D eigenvalue weighted by atomic mass is 32.2. The number of nitrogens with one attached hydrogen (secondary N) is 1. The Balaban J connectivity index is 1.58. The lowest BCUT2D eigenvalue weighted by Crippen LogP contribution is -2.48. The quantitative estimate of drug-likeness (QED) is 0.543. The maximum absolute atomic E-state index is 13.6. The molecule has 0 bridgehead atoms. The van der Waals surface area contributed by atoms with Gasteiger partial charge in [-0.3, -0.25) is 14.5 Å². The lowest BCUT2D eigenvalue weighted by atomic mass is 9.85. The van der Waals surface area contributed by atoms with E-state index in [1.54, 1.807) is 24.3 Å². The van der Waals surface area contributed by atoms with E-state index in [1.807, 2.05) is 25.1 Å². The normalized spacial score (nSPS) is 23.8. The van der Waals surface area contributed by atoms with Crippen molar-refractivity contribution in [2.45, 2.75) is 50.7 Å². The van der Waals surface area contributed by atoms with Crippen molar-refractivity contribution >= 4 is 27.7 Å². The summed E-state index contributed by atoms with van der Waals surface area (Å²) >= 11 is 0. The van der Waals surface area contributed by atoms with Crippen molar-refractivity contribution in [3.8, 4) is 0 Å². The van der Waals surface area contributed by atoms with Crippen molar-refractivity contribution in [2.75, 3.05) is 18.1 Å². The Morgan fingerprint density at radius 3 is 2.59 bits per heavy atom. The molecule has 1 N–H and O–H groups in total. The van der Waals surface area contributed by atoms with Gasteiger partial charge >= 0.3 is 6.03 Å². The number of unbranched alkanes of at least 4 members (excludes halogenated alkanes) is 1. The summed E-state index contributed by atoms with van der Waals surface area (Å²) in [4.78, 5) is 42.3. The van der Waals surface area contributed by atoms with Gasteiger partial charge in [0.25, 0.3) is 5.91 Å². The van der Waals surface area contributed by atoms with Crippen LogP contribution in [-0.4, -0.2) is 60.2 Å². The largest absolute Gasteiger partial charge is 0.467 e.